The molecule has 1 amide bonds. The molecule has 18 heavy (non-hydrogen) atoms. The Hall–Kier alpha value is -1.49. The molecule has 2 N–H and O–H groups in total. The third kappa shape index (κ3) is 2.51. The van der Waals surface area contributed by atoms with Gasteiger partial charge in [-0.05, 0) is 32.3 Å². The molecule has 0 bridgehead atoms. The Bertz CT molecular complexity index is 436. The normalized spacial score (nSPS) is 21.7. The molecule has 0 aliphatic carbocycles. The smallest absolute Gasteiger partial charge is 0.257 e. The van der Waals surface area contributed by atoms with Crippen LogP contribution in [0, 0.1) is 5.82 Å². The van der Waals surface area contributed by atoms with E-state index in [4.69, 9.17) is 5.73 Å². The summed E-state index contributed by atoms with van der Waals surface area (Å²) in [5.41, 5.74) is 5.99. The number of piperidine rings is 1. The third-order valence-corrected chi connectivity index (χ3v) is 3.42. The van der Waals surface area contributed by atoms with Crippen LogP contribution < -0.4 is 5.73 Å². The van der Waals surface area contributed by atoms with Crippen molar-refractivity contribution >= 4 is 5.91 Å². The van der Waals surface area contributed by atoms with Gasteiger partial charge in [-0.1, -0.05) is 0 Å². The number of aromatic nitrogens is 1. The van der Waals surface area contributed by atoms with Crippen LogP contribution >= 0.6 is 0 Å². The molecule has 5 heteroatoms. The molecule has 1 fully saturated rings. The largest absolute Gasteiger partial charge is 0.334 e. The van der Waals surface area contributed by atoms with Gasteiger partial charge in [0, 0.05) is 24.8 Å². The molecule has 0 saturated carbocycles. The fourth-order valence-corrected chi connectivity index (χ4v) is 2.46. The standard InChI is InChI=1S/C13H18FN3O/c1-9(15)12-4-2-3-7-17(12)13(18)10-5-6-16-8-11(10)14/h5-6,8-9,12H,2-4,7,15H2,1H3. The van der Waals surface area contributed by atoms with Crippen molar-refractivity contribution in [1.82, 2.24) is 9.88 Å². The van der Waals surface area contributed by atoms with E-state index in [0.717, 1.165) is 25.5 Å². The van der Waals surface area contributed by atoms with Crippen molar-refractivity contribution in [1.29, 1.82) is 0 Å². The minimum Gasteiger partial charge on any atom is -0.334 e. The maximum atomic E-state index is 13.6. The van der Waals surface area contributed by atoms with Crippen molar-refractivity contribution < 1.29 is 9.18 Å². The number of rotatable bonds is 2. The SMILES string of the molecule is CC(N)C1CCCCN1C(=O)c1ccncc1F. The summed E-state index contributed by atoms with van der Waals surface area (Å²) in [6.45, 7) is 2.53. The zero-order valence-corrected chi connectivity index (χ0v) is 10.5. The highest BCUT2D eigenvalue weighted by atomic mass is 19.1. The highest BCUT2D eigenvalue weighted by Gasteiger charge is 2.30. The van der Waals surface area contributed by atoms with Gasteiger partial charge in [0.05, 0.1) is 11.8 Å². The third-order valence-electron chi connectivity index (χ3n) is 3.42. The van der Waals surface area contributed by atoms with Gasteiger partial charge in [0.1, 0.15) is 0 Å². The summed E-state index contributed by atoms with van der Waals surface area (Å²) < 4.78 is 13.6. The van der Waals surface area contributed by atoms with Gasteiger partial charge in [0.2, 0.25) is 0 Å². The first-order valence-corrected chi connectivity index (χ1v) is 6.27. The molecular weight excluding hydrogens is 233 g/mol. The van der Waals surface area contributed by atoms with Crippen molar-refractivity contribution in [2.75, 3.05) is 6.54 Å². The Kier molecular flexibility index (Phi) is 3.91. The molecule has 4 nitrogen and oxygen atoms in total. The monoisotopic (exact) mass is 251 g/mol. The van der Waals surface area contributed by atoms with Crippen LogP contribution in [0.4, 0.5) is 4.39 Å². The van der Waals surface area contributed by atoms with Crippen molar-refractivity contribution in [3.8, 4) is 0 Å². The summed E-state index contributed by atoms with van der Waals surface area (Å²) in [6, 6.07) is 1.32. The van der Waals surface area contributed by atoms with E-state index in [1.807, 2.05) is 6.92 Å². The number of amides is 1. The van der Waals surface area contributed by atoms with E-state index in [1.165, 1.54) is 12.3 Å². The Labute approximate surface area is 106 Å². The van der Waals surface area contributed by atoms with Gasteiger partial charge in [-0.3, -0.25) is 9.78 Å². The number of nitrogens with two attached hydrogens (primary N) is 1. The van der Waals surface area contributed by atoms with E-state index in [0.29, 0.717) is 6.54 Å². The van der Waals surface area contributed by atoms with Gasteiger partial charge in [0.25, 0.3) is 5.91 Å². The van der Waals surface area contributed by atoms with Crippen molar-refractivity contribution in [3.05, 3.63) is 29.8 Å². The first-order valence-electron chi connectivity index (χ1n) is 6.27. The number of carbonyl (C=O) groups excluding carboxylic acids is 1. The topological polar surface area (TPSA) is 59.2 Å². The lowest BCUT2D eigenvalue weighted by Crippen LogP contribution is -2.51. The lowest BCUT2D eigenvalue weighted by molar-refractivity contribution is 0.0579. The fourth-order valence-electron chi connectivity index (χ4n) is 2.46. The fraction of sp³-hybridized carbons (Fsp3) is 0.538. The average Bonchev–Trinajstić information content (AvgIpc) is 2.38. The van der Waals surface area contributed by atoms with Crippen LogP contribution in [0.3, 0.4) is 0 Å². The number of halogens is 1. The summed E-state index contributed by atoms with van der Waals surface area (Å²) in [7, 11) is 0. The number of hydrogen-bond acceptors (Lipinski definition) is 3. The predicted octanol–water partition coefficient (Wildman–Crippen LogP) is 1.56. The molecule has 98 valence electrons. The summed E-state index contributed by atoms with van der Waals surface area (Å²) in [6.07, 6.45) is 5.39. The molecule has 1 aromatic rings. The van der Waals surface area contributed by atoms with E-state index >= 15 is 0 Å². The van der Waals surface area contributed by atoms with Crippen LogP contribution in [0.2, 0.25) is 0 Å². The second kappa shape index (κ2) is 5.44. The minimum atomic E-state index is -0.573. The van der Waals surface area contributed by atoms with Crippen LogP contribution in [0.5, 0.6) is 0 Å². The molecule has 1 aliphatic rings. The van der Waals surface area contributed by atoms with Crippen LogP contribution in [0.1, 0.15) is 36.5 Å². The first kappa shape index (κ1) is 13.0. The molecule has 1 aliphatic heterocycles. The quantitative estimate of drug-likeness (QED) is 0.867. The second-order valence-corrected chi connectivity index (χ2v) is 4.78. The molecule has 2 unspecified atom stereocenters. The van der Waals surface area contributed by atoms with Gasteiger partial charge in [-0.15, -0.1) is 0 Å². The molecular formula is C13H18FN3O. The van der Waals surface area contributed by atoms with E-state index in [-0.39, 0.29) is 23.6 Å². The zero-order chi connectivity index (χ0) is 13.1. The Morgan fingerprint density at radius 1 is 1.61 bits per heavy atom. The summed E-state index contributed by atoms with van der Waals surface area (Å²) in [4.78, 5) is 17.7. The molecule has 1 saturated heterocycles. The summed E-state index contributed by atoms with van der Waals surface area (Å²) in [5, 5.41) is 0. The molecule has 0 radical (unpaired) electrons. The summed E-state index contributed by atoms with van der Waals surface area (Å²) in [5.74, 6) is -0.853. The van der Waals surface area contributed by atoms with Crippen LogP contribution in [-0.2, 0) is 0 Å². The number of hydrogen-bond donors (Lipinski definition) is 1. The van der Waals surface area contributed by atoms with Crippen molar-refractivity contribution in [3.63, 3.8) is 0 Å². The van der Waals surface area contributed by atoms with Crippen LogP contribution in [0.15, 0.2) is 18.5 Å². The van der Waals surface area contributed by atoms with Gasteiger partial charge >= 0.3 is 0 Å². The van der Waals surface area contributed by atoms with Crippen molar-refractivity contribution in [2.24, 2.45) is 5.73 Å². The maximum Gasteiger partial charge on any atom is 0.257 e. The number of pyridine rings is 1. The van der Waals surface area contributed by atoms with E-state index in [9.17, 15) is 9.18 Å². The molecule has 2 heterocycles. The van der Waals surface area contributed by atoms with E-state index in [2.05, 4.69) is 4.98 Å². The van der Waals surface area contributed by atoms with E-state index in [1.54, 1.807) is 4.90 Å². The highest BCUT2D eigenvalue weighted by molar-refractivity contribution is 5.94. The summed E-state index contributed by atoms with van der Waals surface area (Å²) >= 11 is 0. The van der Waals surface area contributed by atoms with Crippen LogP contribution in [-0.4, -0.2) is 34.4 Å². The lowest BCUT2D eigenvalue weighted by atomic mass is 9.96. The van der Waals surface area contributed by atoms with Gasteiger partial charge in [-0.2, -0.15) is 0 Å². The Balaban J connectivity index is 2.24. The predicted molar refractivity (Wildman–Crippen MR) is 66.5 cm³/mol. The van der Waals surface area contributed by atoms with Gasteiger partial charge in [-0.25, -0.2) is 4.39 Å². The molecule has 0 aromatic carbocycles. The highest BCUT2D eigenvalue weighted by Crippen LogP contribution is 2.22. The molecule has 0 spiro atoms. The molecule has 2 rings (SSSR count). The number of carbonyl (C=O) groups is 1. The zero-order valence-electron chi connectivity index (χ0n) is 10.5. The van der Waals surface area contributed by atoms with Gasteiger partial charge < -0.3 is 10.6 Å². The van der Waals surface area contributed by atoms with Gasteiger partial charge in [0.15, 0.2) is 5.82 Å². The first-order chi connectivity index (χ1) is 8.61. The average molecular weight is 251 g/mol. The number of nitrogens with zero attached hydrogens (tertiary/aromatic N) is 2. The lowest BCUT2D eigenvalue weighted by Gasteiger charge is -2.38. The van der Waals surface area contributed by atoms with Crippen molar-refractivity contribution in [2.45, 2.75) is 38.3 Å². The second-order valence-electron chi connectivity index (χ2n) is 4.78. The molecule has 2 atom stereocenters. The molecule has 1 aromatic heterocycles. The van der Waals surface area contributed by atoms with E-state index < -0.39 is 5.82 Å². The maximum absolute atomic E-state index is 13.6. The Morgan fingerprint density at radius 2 is 2.39 bits per heavy atom. The minimum absolute atomic E-state index is 0.00110. The van der Waals surface area contributed by atoms with Crippen LogP contribution in [0.25, 0.3) is 0 Å². The Morgan fingerprint density at radius 3 is 3.06 bits per heavy atom. The number of likely N-dealkylation sites (tertiary alicyclic amines) is 1.